The van der Waals surface area contributed by atoms with Crippen molar-refractivity contribution in [3.8, 4) is 0 Å². The zero-order valence-electron chi connectivity index (χ0n) is 14.7. The van der Waals surface area contributed by atoms with Gasteiger partial charge in [0.1, 0.15) is 6.04 Å². The summed E-state index contributed by atoms with van der Waals surface area (Å²) < 4.78 is 37.8. The van der Waals surface area contributed by atoms with Crippen LogP contribution in [0.2, 0.25) is 5.02 Å². The van der Waals surface area contributed by atoms with Crippen LogP contribution in [0.3, 0.4) is 0 Å². The molecule has 0 aliphatic rings. The van der Waals surface area contributed by atoms with E-state index in [1.807, 2.05) is 0 Å². The van der Waals surface area contributed by atoms with Crippen LogP contribution in [0.5, 0.6) is 0 Å². The topological polar surface area (TPSA) is 49.4 Å². The fourth-order valence-electron chi connectivity index (χ4n) is 2.42. The first-order chi connectivity index (χ1) is 12.6. The summed E-state index contributed by atoms with van der Waals surface area (Å²) in [6, 6.07) is 10.0. The Morgan fingerprint density at radius 3 is 2.15 bits per heavy atom. The van der Waals surface area contributed by atoms with Crippen LogP contribution in [0.4, 0.5) is 13.2 Å². The average Bonchev–Trinajstić information content (AvgIpc) is 2.61. The molecule has 0 aliphatic heterocycles. The largest absolute Gasteiger partial charge is 0.416 e. The smallest absolute Gasteiger partial charge is 0.341 e. The van der Waals surface area contributed by atoms with Crippen molar-refractivity contribution in [2.75, 3.05) is 7.05 Å². The molecule has 1 atom stereocenters. The summed E-state index contributed by atoms with van der Waals surface area (Å²) in [7, 11) is 1.52. The third kappa shape index (κ3) is 5.72. The van der Waals surface area contributed by atoms with E-state index in [2.05, 4.69) is 5.32 Å². The maximum atomic E-state index is 12.6. The highest BCUT2D eigenvalue weighted by Crippen LogP contribution is 2.29. The van der Waals surface area contributed by atoms with Gasteiger partial charge in [-0.3, -0.25) is 9.59 Å². The van der Waals surface area contributed by atoms with Crippen molar-refractivity contribution in [3.05, 3.63) is 70.2 Å². The van der Waals surface area contributed by atoms with Crippen molar-refractivity contribution in [1.29, 1.82) is 0 Å². The summed E-state index contributed by atoms with van der Waals surface area (Å²) in [6.07, 6.45) is -4.40. The maximum Gasteiger partial charge on any atom is 0.416 e. The number of nitrogens with zero attached hydrogens (tertiary/aromatic N) is 1. The highest BCUT2D eigenvalue weighted by molar-refractivity contribution is 6.30. The summed E-state index contributed by atoms with van der Waals surface area (Å²) in [6.45, 7) is 1.66. The molecule has 2 rings (SSSR count). The number of hydrogen-bond acceptors (Lipinski definition) is 2. The van der Waals surface area contributed by atoms with Gasteiger partial charge in [0.05, 0.1) is 5.56 Å². The highest BCUT2D eigenvalue weighted by atomic mass is 35.5. The summed E-state index contributed by atoms with van der Waals surface area (Å²) in [5.41, 5.74) is 0.170. The molecule has 0 saturated heterocycles. The standard InChI is InChI=1S/C19H18ClF3N2O2/c1-12(24-17(26)14-5-9-16(20)10-6-14)18(27)25(2)11-13-3-7-15(8-4-13)19(21,22)23/h3-10,12H,11H2,1-2H3,(H,24,26). The van der Waals surface area contributed by atoms with Gasteiger partial charge < -0.3 is 10.2 Å². The summed E-state index contributed by atoms with van der Waals surface area (Å²) >= 11 is 5.77. The number of rotatable bonds is 5. The maximum absolute atomic E-state index is 12.6. The van der Waals surface area contributed by atoms with Gasteiger partial charge in [0, 0.05) is 24.2 Å². The lowest BCUT2D eigenvalue weighted by Crippen LogP contribution is -2.45. The van der Waals surface area contributed by atoms with Crippen molar-refractivity contribution in [2.45, 2.75) is 25.7 Å². The first-order valence-electron chi connectivity index (χ1n) is 8.05. The van der Waals surface area contributed by atoms with Crippen LogP contribution in [0, 0.1) is 0 Å². The van der Waals surface area contributed by atoms with Crippen molar-refractivity contribution in [3.63, 3.8) is 0 Å². The Labute approximate surface area is 159 Å². The van der Waals surface area contributed by atoms with Crippen molar-refractivity contribution >= 4 is 23.4 Å². The lowest BCUT2D eigenvalue weighted by atomic mass is 10.1. The van der Waals surface area contributed by atoms with Gasteiger partial charge in [-0.2, -0.15) is 13.2 Å². The molecule has 0 radical (unpaired) electrons. The zero-order chi connectivity index (χ0) is 20.2. The van der Waals surface area contributed by atoms with E-state index in [0.717, 1.165) is 12.1 Å². The van der Waals surface area contributed by atoms with Crippen molar-refractivity contribution < 1.29 is 22.8 Å². The van der Waals surface area contributed by atoms with Gasteiger partial charge in [-0.1, -0.05) is 23.7 Å². The molecular weight excluding hydrogens is 381 g/mol. The number of amides is 2. The van der Waals surface area contributed by atoms with E-state index in [1.54, 1.807) is 31.2 Å². The molecule has 0 fully saturated rings. The fourth-order valence-corrected chi connectivity index (χ4v) is 2.55. The van der Waals surface area contributed by atoms with E-state index >= 15 is 0 Å². The summed E-state index contributed by atoms with van der Waals surface area (Å²) in [4.78, 5) is 25.9. The second-order valence-corrected chi connectivity index (χ2v) is 6.53. The SMILES string of the molecule is CC(NC(=O)c1ccc(Cl)cc1)C(=O)N(C)Cc1ccc(C(F)(F)F)cc1. The van der Waals surface area contributed by atoms with Gasteiger partial charge in [0.15, 0.2) is 0 Å². The summed E-state index contributed by atoms with van der Waals surface area (Å²) in [5, 5.41) is 3.08. The minimum absolute atomic E-state index is 0.123. The molecule has 4 nitrogen and oxygen atoms in total. The first kappa shape index (κ1) is 20.8. The number of carbonyl (C=O) groups excluding carboxylic acids is 2. The first-order valence-corrected chi connectivity index (χ1v) is 8.43. The minimum Gasteiger partial charge on any atom is -0.341 e. The number of carbonyl (C=O) groups is 2. The van der Waals surface area contributed by atoms with E-state index < -0.39 is 23.7 Å². The molecule has 0 spiro atoms. The Balaban J connectivity index is 1.95. The van der Waals surface area contributed by atoms with E-state index in [1.165, 1.54) is 24.1 Å². The second-order valence-electron chi connectivity index (χ2n) is 6.09. The van der Waals surface area contributed by atoms with Crippen LogP contribution < -0.4 is 5.32 Å². The monoisotopic (exact) mass is 398 g/mol. The van der Waals surface area contributed by atoms with E-state index in [-0.39, 0.29) is 12.5 Å². The lowest BCUT2D eigenvalue weighted by molar-refractivity contribution is -0.137. The molecule has 144 valence electrons. The van der Waals surface area contributed by atoms with Gasteiger partial charge in [0.25, 0.3) is 5.91 Å². The molecular formula is C19H18ClF3N2O2. The molecule has 1 unspecified atom stereocenters. The number of benzene rings is 2. The molecule has 1 N–H and O–H groups in total. The van der Waals surface area contributed by atoms with E-state index in [0.29, 0.717) is 16.1 Å². The molecule has 0 bridgehead atoms. The van der Waals surface area contributed by atoms with Crippen LogP contribution >= 0.6 is 11.6 Å². The molecule has 27 heavy (non-hydrogen) atoms. The van der Waals surface area contributed by atoms with Crippen LogP contribution in [-0.4, -0.2) is 29.8 Å². The van der Waals surface area contributed by atoms with Gasteiger partial charge in [-0.15, -0.1) is 0 Å². The Morgan fingerprint density at radius 1 is 1.07 bits per heavy atom. The Hall–Kier alpha value is -2.54. The third-order valence-electron chi connectivity index (χ3n) is 3.90. The molecule has 8 heteroatoms. The predicted octanol–water partition coefficient (Wildman–Crippen LogP) is 4.14. The molecule has 2 amide bonds. The molecule has 2 aromatic carbocycles. The third-order valence-corrected chi connectivity index (χ3v) is 4.15. The lowest BCUT2D eigenvalue weighted by Gasteiger charge is -2.22. The number of alkyl halides is 3. The van der Waals surface area contributed by atoms with E-state index in [9.17, 15) is 22.8 Å². The second kappa shape index (κ2) is 8.43. The minimum atomic E-state index is -4.40. The Kier molecular flexibility index (Phi) is 6.49. The highest BCUT2D eigenvalue weighted by Gasteiger charge is 2.30. The molecule has 0 heterocycles. The Morgan fingerprint density at radius 2 is 1.63 bits per heavy atom. The van der Waals surface area contributed by atoms with Crippen molar-refractivity contribution in [1.82, 2.24) is 10.2 Å². The van der Waals surface area contributed by atoms with E-state index in [4.69, 9.17) is 11.6 Å². The number of halogens is 4. The summed E-state index contributed by atoms with van der Waals surface area (Å²) in [5.74, 6) is -0.785. The molecule has 2 aromatic rings. The van der Waals surface area contributed by atoms with Crippen molar-refractivity contribution in [2.24, 2.45) is 0 Å². The van der Waals surface area contributed by atoms with Gasteiger partial charge in [-0.05, 0) is 48.9 Å². The van der Waals surface area contributed by atoms with Gasteiger partial charge >= 0.3 is 6.18 Å². The molecule has 0 aliphatic carbocycles. The number of likely N-dealkylation sites (N-methyl/N-ethyl adjacent to an activating group) is 1. The van der Waals surface area contributed by atoms with Crippen LogP contribution in [0.25, 0.3) is 0 Å². The van der Waals surface area contributed by atoms with Gasteiger partial charge in [0.2, 0.25) is 5.91 Å². The Bertz CT molecular complexity index is 805. The molecule has 0 saturated carbocycles. The normalized spacial score (nSPS) is 12.4. The van der Waals surface area contributed by atoms with Crippen LogP contribution in [-0.2, 0) is 17.5 Å². The van der Waals surface area contributed by atoms with Crippen LogP contribution in [0.15, 0.2) is 48.5 Å². The number of hydrogen-bond donors (Lipinski definition) is 1. The predicted molar refractivity (Wildman–Crippen MR) is 96.3 cm³/mol. The number of nitrogens with one attached hydrogen (secondary N) is 1. The molecule has 0 aromatic heterocycles. The van der Waals surface area contributed by atoms with Gasteiger partial charge in [-0.25, -0.2) is 0 Å². The average molecular weight is 399 g/mol. The zero-order valence-corrected chi connectivity index (χ0v) is 15.4. The quantitative estimate of drug-likeness (QED) is 0.823. The fraction of sp³-hybridized carbons (Fsp3) is 0.263. The van der Waals surface area contributed by atoms with Crippen LogP contribution in [0.1, 0.15) is 28.4 Å².